The van der Waals surface area contributed by atoms with E-state index < -0.39 is 12.1 Å². The Morgan fingerprint density at radius 1 is 1.06 bits per heavy atom. The Morgan fingerprint density at radius 2 is 1.81 bits per heavy atom. The second-order valence-corrected chi connectivity index (χ2v) is 6.71. The Morgan fingerprint density at radius 3 is 2.55 bits per heavy atom. The number of nitrogens with zero attached hydrogens (tertiary/aromatic N) is 3. The van der Waals surface area contributed by atoms with Gasteiger partial charge in [-0.3, -0.25) is 0 Å². The maximum atomic E-state index is 13.2. The zero-order valence-electron chi connectivity index (χ0n) is 17.4. The Bertz CT molecular complexity index is 1070. The molecule has 0 aliphatic carbocycles. The Labute approximate surface area is 178 Å². The molecule has 31 heavy (non-hydrogen) atoms. The van der Waals surface area contributed by atoms with Crippen molar-refractivity contribution in [1.29, 1.82) is 0 Å². The summed E-state index contributed by atoms with van der Waals surface area (Å²) in [5.41, 5.74) is 1.74. The average molecular weight is 427 g/mol. The average Bonchev–Trinajstić information content (AvgIpc) is 2.74. The Hall–Kier alpha value is -3.75. The molecular weight excluding hydrogens is 405 g/mol. The maximum Gasteiger partial charge on any atom is 0.347 e. The number of ether oxygens (including phenoxy) is 3. The lowest BCUT2D eigenvalue weighted by molar-refractivity contribution is -0.152. The zero-order valence-corrected chi connectivity index (χ0v) is 17.4. The molecule has 1 atom stereocenters. The van der Waals surface area contributed by atoms with Crippen molar-refractivity contribution in [3.63, 3.8) is 0 Å². The lowest BCUT2D eigenvalue weighted by atomic mass is 10.3. The number of benzene rings is 2. The topological polar surface area (TPSA) is 92.1 Å². The number of oxime groups is 1. The maximum absolute atomic E-state index is 13.2. The number of halogens is 1. The van der Waals surface area contributed by atoms with E-state index >= 15 is 0 Å². The van der Waals surface area contributed by atoms with Crippen LogP contribution in [0.25, 0.3) is 11.0 Å². The van der Waals surface area contributed by atoms with Gasteiger partial charge in [-0.2, -0.15) is 0 Å². The summed E-state index contributed by atoms with van der Waals surface area (Å²) in [6.45, 7) is 5.44. The lowest BCUT2D eigenvalue weighted by Crippen LogP contribution is -2.27. The number of hydrogen-bond donors (Lipinski definition) is 0. The van der Waals surface area contributed by atoms with Gasteiger partial charge in [0.05, 0.1) is 22.9 Å². The van der Waals surface area contributed by atoms with Crippen molar-refractivity contribution in [1.82, 2.24) is 9.97 Å². The van der Waals surface area contributed by atoms with Crippen LogP contribution in [0.4, 0.5) is 4.39 Å². The fourth-order valence-corrected chi connectivity index (χ4v) is 2.45. The van der Waals surface area contributed by atoms with Crippen LogP contribution in [0, 0.1) is 5.82 Å². The molecule has 8 nitrogen and oxygen atoms in total. The third kappa shape index (κ3) is 6.63. The molecule has 0 amide bonds. The highest BCUT2D eigenvalue weighted by molar-refractivity contribution is 5.78. The first-order chi connectivity index (χ1) is 14.9. The van der Waals surface area contributed by atoms with E-state index in [1.54, 1.807) is 45.0 Å². The lowest BCUT2D eigenvalue weighted by Gasteiger charge is -2.14. The number of fused-ring (bicyclic) bond motifs is 1. The van der Waals surface area contributed by atoms with Gasteiger partial charge < -0.3 is 19.0 Å². The van der Waals surface area contributed by atoms with Crippen LogP contribution in [0.2, 0.25) is 0 Å². The molecule has 0 radical (unpaired) electrons. The summed E-state index contributed by atoms with van der Waals surface area (Å²) in [6.07, 6.45) is 0.621. The summed E-state index contributed by atoms with van der Waals surface area (Å²) < 4.78 is 29.6. The number of carbonyl (C=O) groups excluding carboxylic acids is 1. The molecule has 0 spiro atoms. The first kappa shape index (κ1) is 21.9. The molecule has 0 unspecified atom stereocenters. The van der Waals surface area contributed by atoms with Crippen LogP contribution in [0.3, 0.4) is 0 Å². The van der Waals surface area contributed by atoms with Crippen LogP contribution in [0.5, 0.6) is 17.4 Å². The van der Waals surface area contributed by atoms with Crippen LogP contribution in [0.15, 0.2) is 53.8 Å². The smallest absolute Gasteiger partial charge is 0.347 e. The Balaban J connectivity index is 1.51. The van der Waals surface area contributed by atoms with Gasteiger partial charge in [-0.05, 0) is 57.2 Å². The molecule has 1 heterocycles. The van der Waals surface area contributed by atoms with E-state index in [4.69, 9.17) is 19.0 Å². The standard InChI is InChI=1S/C22H22FN3O5/c1-14(2)26-29-11-10-28-22(27)15(3)30-17-5-7-18(8-6-17)31-21-13-24-20-12-16(23)4-9-19(20)25-21/h4-9,12-13,15H,10-11H2,1-3H3/t15-/m1/s1. The van der Waals surface area contributed by atoms with E-state index in [-0.39, 0.29) is 24.9 Å². The van der Waals surface area contributed by atoms with Crippen LogP contribution in [-0.4, -0.2) is 41.0 Å². The van der Waals surface area contributed by atoms with Crippen molar-refractivity contribution in [2.24, 2.45) is 5.16 Å². The fraction of sp³-hybridized carbons (Fsp3) is 0.273. The molecule has 1 aromatic heterocycles. The summed E-state index contributed by atoms with van der Waals surface area (Å²) in [4.78, 5) is 25.4. The molecule has 0 fully saturated rings. The molecule has 0 aliphatic heterocycles. The van der Waals surface area contributed by atoms with Gasteiger partial charge in [-0.15, -0.1) is 0 Å². The summed E-state index contributed by atoms with van der Waals surface area (Å²) in [5.74, 6) is 0.360. The van der Waals surface area contributed by atoms with E-state index in [2.05, 4.69) is 15.1 Å². The Kier molecular flexibility index (Phi) is 7.31. The molecule has 0 bridgehead atoms. The van der Waals surface area contributed by atoms with Crippen molar-refractivity contribution in [3.8, 4) is 17.4 Å². The van der Waals surface area contributed by atoms with Crippen molar-refractivity contribution >= 4 is 22.7 Å². The van der Waals surface area contributed by atoms with E-state index in [0.717, 1.165) is 5.71 Å². The first-order valence-corrected chi connectivity index (χ1v) is 9.57. The molecule has 0 saturated carbocycles. The number of hydrogen-bond acceptors (Lipinski definition) is 8. The van der Waals surface area contributed by atoms with Gasteiger partial charge in [0.1, 0.15) is 23.9 Å². The van der Waals surface area contributed by atoms with Gasteiger partial charge in [-0.25, -0.2) is 19.2 Å². The predicted molar refractivity (Wildman–Crippen MR) is 112 cm³/mol. The minimum atomic E-state index is -0.796. The van der Waals surface area contributed by atoms with Gasteiger partial charge in [0.15, 0.2) is 12.7 Å². The van der Waals surface area contributed by atoms with E-state index in [9.17, 15) is 9.18 Å². The predicted octanol–water partition coefficient (Wildman–Crippen LogP) is 4.28. The number of esters is 1. The fourth-order valence-electron chi connectivity index (χ4n) is 2.45. The molecule has 0 aliphatic rings. The van der Waals surface area contributed by atoms with Gasteiger partial charge >= 0.3 is 5.97 Å². The van der Waals surface area contributed by atoms with Crippen molar-refractivity contribution in [2.75, 3.05) is 13.2 Å². The van der Waals surface area contributed by atoms with Crippen LogP contribution >= 0.6 is 0 Å². The number of aromatic nitrogens is 2. The van der Waals surface area contributed by atoms with Gasteiger partial charge in [0, 0.05) is 6.07 Å². The van der Waals surface area contributed by atoms with Gasteiger partial charge in [0.25, 0.3) is 0 Å². The van der Waals surface area contributed by atoms with Crippen LogP contribution < -0.4 is 9.47 Å². The highest BCUT2D eigenvalue weighted by atomic mass is 19.1. The quantitative estimate of drug-likeness (QED) is 0.218. The normalized spacial score (nSPS) is 11.5. The molecule has 0 saturated heterocycles. The molecule has 3 aromatic rings. The van der Waals surface area contributed by atoms with Crippen LogP contribution in [-0.2, 0) is 14.4 Å². The number of carbonyl (C=O) groups is 1. The molecule has 3 rings (SSSR count). The third-order valence-corrected chi connectivity index (χ3v) is 3.84. The van der Waals surface area contributed by atoms with E-state index in [1.165, 1.54) is 24.4 Å². The third-order valence-electron chi connectivity index (χ3n) is 3.84. The van der Waals surface area contributed by atoms with E-state index in [0.29, 0.717) is 22.5 Å². The summed E-state index contributed by atoms with van der Waals surface area (Å²) in [7, 11) is 0. The molecule has 9 heteroatoms. The summed E-state index contributed by atoms with van der Waals surface area (Å²) in [6, 6.07) is 10.8. The van der Waals surface area contributed by atoms with Crippen molar-refractivity contribution < 1.29 is 28.2 Å². The molecule has 2 aromatic carbocycles. The van der Waals surface area contributed by atoms with Crippen molar-refractivity contribution in [3.05, 3.63) is 54.5 Å². The van der Waals surface area contributed by atoms with E-state index in [1.807, 2.05) is 0 Å². The largest absolute Gasteiger partial charge is 0.479 e. The monoisotopic (exact) mass is 427 g/mol. The molecule has 162 valence electrons. The molecular formula is C22H22FN3O5. The summed E-state index contributed by atoms with van der Waals surface area (Å²) in [5, 5.41) is 3.75. The number of rotatable bonds is 9. The highest BCUT2D eigenvalue weighted by Gasteiger charge is 2.16. The SMILES string of the molecule is CC(C)=NOCCOC(=O)[C@@H](C)Oc1ccc(Oc2cnc3cc(F)ccc3n2)cc1. The minimum Gasteiger partial charge on any atom is -0.479 e. The first-order valence-electron chi connectivity index (χ1n) is 9.57. The zero-order chi connectivity index (χ0) is 22.2. The van der Waals surface area contributed by atoms with Crippen molar-refractivity contribution in [2.45, 2.75) is 26.9 Å². The summed E-state index contributed by atoms with van der Waals surface area (Å²) >= 11 is 0. The minimum absolute atomic E-state index is 0.0789. The second kappa shape index (κ2) is 10.3. The van der Waals surface area contributed by atoms with Crippen LogP contribution in [0.1, 0.15) is 20.8 Å². The van der Waals surface area contributed by atoms with Gasteiger partial charge in [-0.1, -0.05) is 5.16 Å². The second-order valence-electron chi connectivity index (χ2n) is 6.71. The van der Waals surface area contributed by atoms with Gasteiger partial charge in [0.2, 0.25) is 5.88 Å². The highest BCUT2D eigenvalue weighted by Crippen LogP contribution is 2.24. The molecule has 0 N–H and O–H groups in total.